The molecular formula is C11H14N4S2. The number of aromatic nitrogens is 3. The van der Waals surface area contributed by atoms with Crippen LogP contribution < -0.4 is 5.32 Å². The van der Waals surface area contributed by atoms with Gasteiger partial charge in [0.1, 0.15) is 12.2 Å². The van der Waals surface area contributed by atoms with Crippen LogP contribution in [0.15, 0.2) is 22.0 Å². The van der Waals surface area contributed by atoms with E-state index in [0.29, 0.717) is 11.3 Å². The third-order valence-electron chi connectivity index (χ3n) is 2.89. The highest BCUT2D eigenvalue weighted by Crippen LogP contribution is 2.43. The van der Waals surface area contributed by atoms with Gasteiger partial charge in [0.15, 0.2) is 0 Å². The van der Waals surface area contributed by atoms with E-state index < -0.39 is 0 Å². The van der Waals surface area contributed by atoms with Crippen LogP contribution in [0.25, 0.3) is 0 Å². The molecule has 0 saturated heterocycles. The molecule has 17 heavy (non-hydrogen) atoms. The van der Waals surface area contributed by atoms with Crippen molar-refractivity contribution in [3.05, 3.63) is 29.2 Å². The van der Waals surface area contributed by atoms with Crippen molar-refractivity contribution in [3.63, 3.8) is 0 Å². The molecule has 0 spiro atoms. The molecular weight excluding hydrogens is 252 g/mol. The van der Waals surface area contributed by atoms with E-state index in [4.69, 9.17) is 0 Å². The third-order valence-corrected chi connectivity index (χ3v) is 5.23. The quantitative estimate of drug-likeness (QED) is 0.896. The first-order chi connectivity index (χ1) is 8.33. The number of thioether (sulfide) groups is 1. The van der Waals surface area contributed by atoms with Crippen LogP contribution in [0.1, 0.15) is 30.8 Å². The van der Waals surface area contributed by atoms with E-state index in [2.05, 4.69) is 38.9 Å². The minimum atomic E-state index is 0.442. The van der Waals surface area contributed by atoms with Gasteiger partial charge in [0.2, 0.25) is 0 Å². The van der Waals surface area contributed by atoms with Gasteiger partial charge in [-0.25, -0.2) is 4.98 Å². The molecule has 0 saturated carbocycles. The van der Waals surface area contributed by atoms with E-state index in [0.717, 1.165) is 12.4 Å². The third kappa shape index (κ3) is 2.38. The molecule has 0 amide bonds. The number of fused-ring (bicyclic) bond motifs is 1. The van der Waals surface area contributed by atoms with Gasteiger partial charge in [0.05, 0.1) is 10.8 Å². The molecule has 0 aliphatic carbocycles. The summed E-state index contributed by atoms with van der Waals surface area (Å²) in [6.07, 6.45) is 2.72. The molecule has 3 rings (SSSR count). The van der Waals surface area contributed by atoms with E-state index in [1.165, 1.54) is 16.2 Å². The number of hydrogen-bond donors (Lipinski definition) is 2. The Bertz CT molecular complexity index is 479. The molecule has 2 aromatic rings. The predicted molar refractivity (Wildman–Crippen MR) is 70.2 cm³/mol. The molecule has 1 aliphatic rings. The largest absolute Gasteiger partial charge is 0.303 e. The zero-order valence-electron chi connectivity index (χ0n) is 9.51. The number of thiophene rings is 1. The summed E-state index contributed by atoms with van der Waals surface area (Å²) in [6, 6.07) is 2.68. The van der Waals surface area contributed by atoms with Gasteiger partial charge < -0.3 is 5.32 Å². The molecule has 2 N–H and O–H groups in total. The number of nitrogens with one attached hydrogen (secondary N) is 2. The monoisotopic (exact) mass is 266 g/mol. The molecule has 2 aromatic heterocycles. The molecule has 90 valence electrons. The van der Waals surface area contributed by atoms with Crippen LogP contribution in [-0.4, -0.2) is 20.4 Å². The van der Waals surface area contributed by atoms with Crippen LogP contribution >= 0.6 is 23.1 Å². The van der Waals surface area contributed by atoms with Crippen molar-refractivity contribution in [1.29, 1.82) is 0 Å². The van der Waals surface area contributed by atoms with E-state index in [-0.39, 0.29) is 0 Å². The zero-order valence-corrected chi connectivity index (χ0v) is 11.1. The standard InChI is InChI=1S/C11H14N4S2/c1-7-4-9(8-2-3-16-11(8)17-7)12-5-10-13-6-14-15-10/h2-3,6-7,9,12H,4-5H2,1H3,(H,13,14,15)/t7-,9?/m0/s1. The topological polar surface area (TPSA) is 53.6 Å². The zero-order chi connectivity index (χ0) is 11.7. The second-order valence-corrected chi connectivity index (χ2v) is 6.82. The summed E-state index contributed by atoms with van der Waals surface area (Å²) < 4.78 is 1.46. The average molecular weight is 266 g/mol. The van der Waals surface area contributed by atoms with Crippen LogP contribution in [0.5, 0.6) is 0 Å². The van der Waals surface area contributed by atoms with E-state index in [1.54, 1.807) is 6.33 Å². The van der Waals surface area contributed by atoms with Gasteiger partial charge in [-0.1, -0.05) is 6.92 Å². The molecule has 0 radical (unpaired) electrons. The fraction of sp³-hybridized carbons (Fsp3) is 0.455. The lowest BCUT2D eigenvalue weighted by Crippen LogP contribution is -2.26. The predicted octanol–water partition coefficient (Wildman–Crippen LogP) is 2.58. The molecule has 2 atom stereocenters. The second-order valence-electron chi connectivity index (χ2n) is 4.19. The van der Waals surface area contributed by atoms with E-state index in [9.17, 15) is 0 Å². The summed E-state index contributed by atoms with van der Waals surface area (Å²) in [4.78, 5) is 4.13. The fourth-order valence-corrected chi connectivity index (χ4v) is 4.65. The van der Waals surface area contributed by atoms with Crippen LogP contribution in [0.2, 0.25) is 0 Å². The molecule has 0 fully saturated rings. The first kappa shape index (κ1) is 11.3. The van der Waals surface area contributed by atoms with E-state index >= 15 is 0 Å². The van der Waals surface area contributed by atoms with Crippen molar-refractivity contribution in [2.45, 2.75) is 35.4 Å². The Labute approximate surface area is 108 Å². The van der Waals surface area contributed by atoms with Gasteiger partial charge in [0.25, 0.3) is 0 Å². The van der Waals surface area contributed by atoms with Crippen LogP contribution in [0, 0.1) is 0 Å². The maximum atomic E-state index is 4.13. The maximum absolute atomic E-state index is 4.13. The van der Waals surface area contributed by atoms with Crippen molar-refractivity contribution in [3.8, 4) is 0 Å². The normalized spacial score (nSPS) is 23.6. The number of H-pyrrole nitrogens is 1. The number of rotatable bonds is 3. The minimum absolute atomic E-state index is 0.442. The Balaban J connectivity index is 1.71. The maximum Gasteiger partial charge on any atom is 0.138 e. The molecule has 1 unspecified atom stereocenters. The first-order valence-electron chi connectivity index (χ1n) is 5.64. The Morgan fingerprint density at radius 2 is 2.53 bits per heavy atom. The lowest BCUT2D eigenvalue weighted by Gasteiger charge is -2.27. The van der Waals surface area contributed by atoms with Gasteiger partial charge >= 0.3 is 0 Å². The van der Waals surface area contributed by atoms with Crippen LogP contribution in [-0.2, 0) is 6.54 Å². The summed E-state index contributed by atoms with van der Waals surface area (Å²) in [5.41, 5.74) is 1.44. The van der Waals surface area contributed by atoms with Crippen molar-refractivity contribution in [2.24, 2.45) is 0 Å². The lowest BCUT2D eigenvalue weighted by atomic mass is 10.1. The second kappa shape index (κ2) is 4.80. The Kier molecular flexibility index (Phi) is 3.17. The lowest BCUT2D eigenvalue weighted by molar-refractivity contribution is 0.480. The summed E-state index contributed by atoms with van der Waals surface area (Å²) in [6.45, 7) is 3.04. The minimum Gasteiger partial charge on any atom is -0.303 e. The summed E-state index contributed by atoms with van der Waals surface area (Å²) in [5, 5.41) is 13.1. The molecule has 0 bridgehead atoms. The average Bonchev–Trinajstić information content (AvgIpc) is 2.95. The van der Waals surface area contributed by atoms with Gasteiger partial charge in [0, 0.05) is 11.3 Å². The van der Waals surface area contributed by atoms with Crippen molar-refractivity contribution >= 4 is 23.1 Å². The SMILES string of the molecule is C[C@H]1CC(NCc2ncn[nH]2)c2ccsc2S1. The molecule has 4 nitrogen and oxygen atoms in total. The number of aromatic amines is 1. The van der Waals surface area contributed by atoms with Gasteiger partial charge in [-0.15, -0.1) is 23.1 Å². The Hall–Kier alpha value is -0.850. The molecule has 3 heterocycles. The number of nitrogens with zero attached hydrogens (tertiary/aromatic N) is 2. The van der Waals surface area contributed by atoms with Gasteiger partial charge in [-0.3, -0.25) is 5.10 Å². The van der Waals surface area contributed by atoms with Crippen LogP contribution in [0.4, 0.5) is 0 Å². The summed E-state index contributed by atoms with van der Waals surface area (Å²) >= 11 is 3.83. The molecule has 1 aliphatic heterocycles. The molecule has 6 heteroatoms. The van der Waals surface area contributed by atoms with Crippen molar-refractivity contribution < 1.29 is 0 Å². The fourth-order valence-electron chi connectivity index (χ4n) is 2.08. The number of hydrogen-bond acceptors (Lipinski definition) is 5. The Morgan fingerprint density at radius 1 is 1.59 bits per heavy atom. The smallest absolute Gasteiger partial charge is 0.138 e. The summed E-state index contributed by atoms with van der Waals surface area (Å²) in [5.74, 6) is 0.896. The van der Waals surface area contributed by atoms with E-state index in [1.807, 2.05) is 23.1 Å². The first-order valence-corrected chi connectivity index (χ1v) is 7.40. The van der Waals surface area contributed by atoms with Gasteiger partial charge in [-0.2, -0.15) is 5.10 Å². The highest BCUT2D eigenvalue weighted by atomic mass is 32.2. The highest BCUT2D eigenvalue weighted by molar-refractivity contribution is 8.01. The van der Waals surface area contributed by atoms with Crippen molar-refractivity contribution in [2.75, 3.05) is 0 Å². The van der Waals surface area contributed by atoms with Gasteiger partial charge in [-0.05, 0) is 23.4 Å². The Morgan fingerprint density at radius 3 is 3.35 bits per heavy atom. The van der Waals surface area contributed by atoms with Crippen LogP contribution in [0.3, 0.4) is 0 Å². The molecule has 0 aromatic carbocycles. The highest BCUT2D eigenvalue weighted by Gasteiger charge is 2.25. The van der Waals surface area contributed by atoms with Crippen molar-refractivity contribution in [1.82, 2.24) is 20.5 Å². The summed E-state index contributed by atoms with van der Waals surface area (Å²) in [7, 11) is 0.